The number of amides is 7. The van der Waals surface area contributed by atoms with Crippen LogP contribution < -0.4 is 54.4 Å². The van der Waals surface area contributed by atoms with Gasteiger partial charge < -0.3 is 59.5 Å². The van der Waals surface area contributed by atoms with E-state index in [2.05, 4.69) is 44.1 Å². The molecule has 1 fully saturated rings. The van der Waals surface area contributed by atoms with E-state index >= 15 is 0 Å². The first kappa shape index (κ1) is 61.8. The van der Waals surface area contributed by atoms with E-state index in [1.807, 2.05) is 27.7 Å². The molecule has 0 aliphatic carbocycles. The zero-order valence-corrected chi connectivity index (χ0v) is 42.9. The van der Waals surface area contributed by atoms with Crippen LogP contribution in [0.4, 0.5) is 0 Å². The average molecular weight is 999 g/mol. The maximum Gasteiger partial charge on any atom is 0.243 e. The predicted molar refractivity (Wildman–Crippen MR) is 271 cm³/mol. The Kier molecular flexibility index (Phi) is 29.7. The largest absolute Gasteiger partial charge is 0.393 e. The number of ketones is 2. The smallest absolute Gasteiger partial charge is 0.243 e. The molecule has 20 heteroatoms. The minimum Gasteiger partial charge on any atom is -0.393 e. The summed E-state index contributed by atoms with van der Waals surface area (Å²) in [5.41, 5.74) is 18.5. The highest BCUT2D eigenvalue weighted by molar-refractivity contribution is 5.97. The Balaban J connectivity index is 2.59. The fourth-order valence-corrected chi connectivity index (χ4v) is 8.43. The number of nitrogens with two attached hydrogens (primary N) is 3. The van der Waals surface area contributed by atoms with Crippen LogP contribution in [0.15, 0.2) is 30.3 Å². The lowest BCUT2D eigenvalue weighted by atomic mass is 9.89. The van der Waals surface area contributed by atoms with E-state index in [0.29, 0.717) is 6.42 Å². The van der Waals surface area contributed by atoms with Crippen LogP contribution in [0.3, 0.4) is 0 Å². The molecular weight excluding hydrogens is 913 g/mol. The quantitative estimate of drug-likeness (QED) is 0.0636. The van der Waals surface area contributed by atoms with Crippen molar-refractivity contribution < 1.29 is 48.3 Å². The maximum atomic E-state index is 14.3. The molecule has 0 aromatic heterocycles. The number of aliphatic hydroxyl groups excluding tert-OH is 1. The van der Waals surface area contributed by atoms with Gasteiger partial charge in [0.2, 0.25) is 41.4 Å². The van der Waals surface area contributed by atoms with Crippen molar-refractivity contribution in [3.63, 3.8) is 0 Å². The molecule has 1 heterocycles. The first-order valence-electron chi connectivity index (χ1n) is 25.7. The van der Waals surface area contributed by atoms with Gasteiger partial charge in [-0.15, -0.1) is 0 Å². The second-order valence-corrected chi connectivity index (χ2v) is 19.7. The molecule has 20 nitrogen and oxygen atoms in total. The Hall–Kier alpha value is -5.31. The van der Waals surface area contributed by atoms with Crippen molar-refractivity contribution in [1.29, 1.82) is 0 Å². The molecule has 2 rings (SSSR count). The van der Waals surface area contributed by atoms with Crippen molar-refractivity contribution in [1.82, 2.24) is 37.2 Å². The van der Waals surface area contributed by atoms with Gasteiger partial charge in [0.15, 0.2) is 11.6 Å². The standard InChI is InChI=1S/C51H86N10O10/c1-6-7-8-9-13-16-37(62)30-45(65)56-31-38(63)28-35-20-24-55-48(68)42(25-32(2)3)61-50(70)41(19-23-54)58-49(69)40(18-22-53)59-51(71)43(26-33(4)5)60-47(67)36(27-34-14-11-10-12-15-34)29-44(64)39(17-21-52)57-46(35)66/h10-12,14-15,32-33,35-37,39-43,62H,6-9,13,16-31,52-54H2,1-5H3,(H,55,68)(H,56,65)(H,57,66)(H,58,69)(H,59,71)(H,60,67)(H,61,70)/t35-,36+,37-,39+,40+,41+,42+,43+/m1/s1. The number of hydrogen-bond donors (Lipinski definition) is 11. The van der Waals surface area contributed by atoms with Crippen LogP contribution >= 0.6 is 0 Å². The molecule has 7 amide bonds. The number of Topliss-reactive ketones (excluding diaryl/α,β-unsaturated/α-hetero) is 2. The molecule has 1 aliphatic heterocycles. The van der Waals surface area contributed by atoms with Crippen LogP contribution in [0.5, 0.6) is 0 Å². The lowest BCUT2D eigenvalue weighted by Gasteiger charge is -2.28. The van der Waals surface area contributed by atoms with E-state index in [1.165, 1.54) is 0 Å². The van der Waals surface area contributed by atoms with E-state index in [0.717, 1.165) is 37.7 Å². The molecule has 71 heavy (non-hydrogen) atoms. The normalized spacial score (nSPS) is 23.2. The molecule has 1 aromatic carbocycles. The van der Waals surface area contributed by atoms with Crippen LogP contribution in [0.1, 0.15) is 136 Å². The summed E-state index contributed by atoms with van der Waals surface area (Å²) in [5, 5.41) is 29.4. The average Bonchev–Trinajstić information content (AvgIpc) is 3.31. The summed E-state index contributed by atoms with van der Waals surface area (Å²) in [6, 6.07) is 3.01. The van der Waals surface area contributed by atoms with Gasteiger partial charge in [0.1, 0.15) is 24.2 Å². The highest BCUT2D eigenvalue weighted by Crippen LogP contribution is 2.19. The molecule has 14 N–H and O–H groups in total. The van der Waals surface area contributed by atoms with Gasteiger partial charge in [-0.2, -0.15) is 0 Å². The van der Waals surface area contributed by atoms with Gasteiger partial charge in [0.05, 0.1) is 25.1 Å². The summed E-state index contributed by atoms with van der Waals surface area (Å²) < 4.78 is 0. The first-order chi connectivity index (χ1) is 33.8. The molecule has 1 aliphatic rings. The minimum absolute atomic E-state index is 0.0245. The summed E-state index contributed by atoms with van der Waals surface area (Å²) >= 11 is 0. The Labute approximate surface area is 420 Å². The van der Waals surface area contributed by atoms with Gasteiger partial charge in [-0.3, -0.25) is 43.2 Å². The third-order valence-corrected chi connectivity index (χ3v) is 12.3. The van der Waals surface area contributed by atoms with E-state index in [4.69, 9.17) is 17.2 Å². The van der Waals surface area contributed by atoms with Crippen LogP contribution in [-0.4, -0.2) is 127 Å². The van der Waals surface area contributed by atoms with E-state index in [-0.39, 0.29) is 95.8 Å². The monoisotopic (exact) mass is 999 g/mol. The van der Waals surface area contributed by atoms with Crippen LogP contribution in [-0.2, 0) is 49.6 Å². The summed E-state index contributed by atoms with van der Waals surface area (Å²) in [7, 11) is 0. The molecule has 8 atom stereocenters. The summed E-state index contributed by atoms with van der Waals surface area (Å²) in [5.74, 6) is -8.07. The third-order valence-electron chi connectivity index (χ3n) is 12.3. The van der Waals surface area contributed by atoms with E-state index < -0.39 is 114 Å². The molecule has 0 radical (unpaired) electrons. The molecule has 0 unspecified atom stereocenters. The molecule has 400 valence electrons. The number of hydrogen-bond acceptors (Lipinski definition) is 13. The molecule has 0 bridgehead atoms. The van der Waals surface area contributed by atoms with Crippen LogP contribution in [0, 0.1) is 23.7 Å². The van der Waals surface area contributed by atoms with Gasteiger partial charge in [-0.25, -0.2) is 0 Å². The second kappa shape index (κ2) is 34.1. The van der Waals surface area contributed by atoms with Crippen molar-refractivity contribution in [2.24, 2.45) is 40.9 Å². The lowest BCUT2D eigenvalue weighted by Crippen LogP contribution is -2.59. The van der Waals surface area contributed by atoms with Gasteiger partial charge >= 0.3 is 0 Å². The zero-order chi connectivity index (χ0) is 52.9. The fraction of sp³-hybridized carbons (Fsp3) is 0.706. The SMILES string of the molecule is CCCCCCC[C@@H](O)CC(=O)NCC(=O)C[C@H]1CCNC(=O)[C@H](CC(C)C)NC(=O)[C@H](CCN)NC(=O)[C@H](CCN)NC(=O)[C@H](CC(C)C)NC(=O)[C@@H](Cc2ccccc2)CC(=O)[C@H](CCN)NC1=O. The summed E-state index contributed by atoms with van der Waals surface area (Å²) in [6.07, 6.45) is 3.72. The summed E-state index contributed by atoms with van der Waals surface area (Å²) in [4.78, 5) is 125. The number of benzene rings is 1. The number of carbonyl (C=O) groups is 9. The molecule has 0 spiro atoms. The maximum absolute atomic E-state index is 14.3. The molecular formula is C51H86N10O10. The zero-order valence-electron chi connectivity index (χ0n) is 42.9. The highest BCUT2D eigenvalue weighted by atomic mass is 16.3. The van der Waals surface area contributed by atoms with E-state index in [1.54, 1.807) is 30.3 Å². The van der Waals surface area contributed by atoms with Gasteiger partial charge in [0.25, 0.3) is 0 Å². The number of carbonyl (C=O) groups excluding carboxylic acids is 9. The topological polar surface area (TPSA) is 336 Å². The lowest BCUT2D eigenvalue weighted by molar-refractivity contribution is -0.136. The molecule has 0 saturated carbocycles. The highest BCUT2D eigenvalue weighted by Gasteiger charge is 2.35. The third kappa shape index (κ3) is 24.6. The Morgan fingerprint density at radius 3 is 1.70 bits per heavy atom. The van der Waals surface area contributed by atoms with Crippen molar-refractivity contribution in [3.8, 4) is 0 Å². The fourth-order valence-electron chi connectivity index (χ4n) is 8.43. The predicted octanol–water partition coefficient (Wildman–Crippen LogP) is 0.690. The molecule has 1 saturated heterocycles. The Morgan fingerprint density at radius 2 is 1.14 bits per heavy atom. The number of aliphatic hydroxyl groups is 1. The van der Waals surface area contributed by atoms with E-state index in [9.17, 15) is 48.3 Å². The number of rotatable bonds is 24. The van der Waals surface area contributed by atoms with Gasteiger partial charge in [-0.1, -0.05) is 97.1 Å². The van der Waals surface area contributed by atoms with Gasteiger partial charge in [-0.05, 0) is 88.4 Å². The molecule has 1 aromatic rings. The summed E-state index contributed by atoms with van der Waals surface area (Å²) in [6.45, 7) is 8.82. The number of unbranched alkanes of at least 4 members (excludes halogenated alkanes) is 4. The Bertz CT molecular complexity index is 1850. The number of nitrogens with one attached hydrogen (secondary N) is 7. The first-order valence-corrected chi connectivity index (χ1v) is 25.7. The van der Waals surface area contributed by atoms with Crippen LogP contribution in [0.25, 0.3) is 0 Å². The van der Waals surface area contributed by atoms with Gasteiger partial charge in [0, 0.05) is 31.2 Å². The second-order valence-electron chi connectivity index (χ2n) is 19.7. The van der Waals surface area contributed by atoms with Crippen LogP contribution in [0.2, 0.25) is 0 Å². The van der Waals surface area contributed by atoms with Crippen molar-refractivity contribution in [2.75, 3.05) is 32.7 Å². The Morgan fingerprint density at radius 1 is 0.648 bits per heavy atom. The van der Waals surface area contributed by atoms with Crippen molar-refractivity contribution >= 4 is 52.9 Å². The van der Waals surface area contributed by atoms with Crippen molar-refractivity contribution in [2.45, 2.75) is 174 Å². The minimum atomic E-state index is -1.23. The van der Waals surface area contributed by atoms with Crippen molar-refractivity contribution in [3.05, 3.63) is 35.9 Å².